The van der Waals surface area contributed by atoms with Crippen LogP contribution in [0.15, 0.2) is 24.3 Å². The van der Waals surface area contributed by atoms with Crippen LogP contribution in [0.2, 0.25) is 0 Å². The van der Waals surface area contributed by atoms with Gasteiger partial charge >= 0.3 is 0 Å². The summed E-state index contributed by atoms with van der Waals surface area (Å²) >= 11 is 0. The predicted molar refractivity (Wildman–Crippen MR) is 92.8 cm³/mol. The van der Waals surface area contributed by atoms with Crippen LogP contribution in [-0.2, 0) is 16.1 Å². The van der Waals surface area contributed by atoms with Crippen LogP contribution in [0.4, 0.5) is 0 Å². The highest BCUT2D eigenvalue weighted by molar-refractivity contribution is 5.78. The number of rotatable bonds is 7. The van der Waals surface area contributed by atoms with Crippen molar-refractivity contribution in [1.29, 1.82) is 0 Å². The molecule has 0 radical (unpaired) electrons. The Hall–Kier alpha value is -1.59. The topological polar surface area (TPSA) is 61.8 Å². The number of carbonyl (C=O) groups excluding carboxylic acids is 1. The summed E-state index contributed by atoms with van der Waals surface area (Å²) in [5.74, 6) is 0.362. The van der Waals surface area contributed by atoms with Crippen molar-refractivity contribution >= 4 is 5.91 Å². The number of carbonyl (C=O) groups is 1. The molecule has 1 amide bonds. The molecule has 1 aromatic rings. The van der Waals surface area contributed by atoms with E-state index in [2.05, 4.69) is 10.2 Å². The standard InChI is InChI=1S/C19H28N2O3/c22-18-10-4-1-6-15(18)12-21(13-17-9-5-11-24-17)14-19(23)20-16-7-2-3-8-16/h1,4,6,10,16-17,22H,2-3,5,7-9,11-14H2,(H,20,23)/t17-/m1/s1. The maximum atomic E-state index is 12.4. The van der Waals surface area contributed by atoms with E-state index in [9.17, 15) is 9.90 Å². The lowest BCUT2D eigenvalue weighted by Gasteiger charge is -2.25. The fraction of sp³-hybridized carbons (Fsp3) is 0.632. The number of hydrogen-bond donors (Lipinski definition) is 2. The van der Waals surface area contributed by atoms with Crippen LogP contribution in [0.25, 0.3) is 0 Å². The van der Waals surface area contributed by atoms with E-state index in [-0.39, 0.29) is 17.8 Å². The third-order valence-electron chi connectivity index (χ3n) is 4.96. The lowest BCUT2D eigenvalue weighted by molar-refractivity contribution is -0.123. The van der Waals surface area contributed by atoms with Crippen molar-refractivity contribution in [2.45, 2.75) is 57.2 Å². The lowest BCUT2D eigenvalue weighted by atomic mass is 10.1. The predicted octanol–water partition coefficient (Wildman–Crippen LogP) is 2.43. The number of phenols is 1. The van der Waals surface area contributed by atoms with Gasteiger partial charge in [-0.05, 0) is 31.7 Å². The molecule has 1 aromatic carbocycles. The summed E-state index contributed by atoms with van der Waals surface area (Å²) in [4.78, 5) is 14.5. The Labute approximate surface area is 144 Å². The van der Waals surface area contributed by atoms with Crippen molar-refractivity contribution in [3.8, 4) is 5.75 Å². The minimum Gasteiger partial charge on any atom is -0.508 e. The molecular formula is C19H28N2O3. The van der Waals surface area contributed by atoms with E-state index in [1.165, 1.54) is 12.8 Å². The summed E-state index contributed by atoms with van der Waals surface area (Å²) in [5.41, 5.74) is 0.851. The van der Waals surface area contributed by atoms with Crippen LogP contribution < -0.4 is 5.32 Å². The lowest BCUT2D eigenvalue weighted by Crippen LogP contribution is -2.43. The highest BCUT2D eigenvalue weighted by Crippen LogP contribution is 2.21. The van der Waals surface area contributed by atoms with Gasteiger partial charge in [-0.3, -0.25) is 9.69 Å². The summed E-state index contributed by atoms with van der Waals surface area (Å²) in [6.07, 6.45) is 6.93. The van der Waals surface area contributed by atoms with Crippen LogP contribution in [0.3, 0.4) is 0 Å². The largest absolute Gasteiger partial charge is 0.508 e. The molecule has 1 aliphatic carbocycles. The van der Waals surface area contributed by atoms with Gasteiger partial charge in [-0.25, -0.2) is 0 Å². The monoisotopic (exact) mass is 332 g/mol. The van der Waals surface area contributed by atoms with E-state index in [1.807, 2.05) is 18.2 Å². The molecule has 5 heteroatoms. The first-order valence-electron chi connectivity index (χ1n) is 9.11. The van der Waals surface area contributed by atoms with E-state index in [4.69, 9.17) is 4.74 Å². The number of ether oxygens (including phenoxy) is 1. The molecule has 2 aliphatic rings. The maximum absolute atomic E-state index is 12.4. The molecule has 5 nitrogen and oxygen atoms in total. The van der Waals surface area contributed by atoms with Crippen molar-refractivity contribution < 1.29 is 14.6 Å². The maximum Gasteiger partial charge on any atom is 0.234 e. The molecule has 1 aliphatic heterocycles. The van der Waals surface area contributed by atoms with E-state index in [0.29, 0.717) is 19.1 Å². The molecule has 1 heterocycles. The highest BCUT2D eigenvalue weighted by atomic mass is 16.5. The number of para-hydroxylation sites is 1. The van der Waals surface area contributed by atoms with Gasteiger partial charge in [0.25, 0.3) is 0 Å². The Kier molecular flexibility index (Phi) is 6.10. The molecule has 1 saturated heterocycles. The SMILES string of the molecule is O=C(CN(Cc1ccccc1O)C[C@H]1CCCO1)NC1CCCC1. The zero-order chi connectivity index (χ0) is 16.8. The Morgan fingerprint density at radius 3 is 2.71 bits per heavy atom. The van der Waals surface area contributed by atoms with Gasteiger partial charge in [-0.1, -0.05) is 31.0 Å². The third-order valence-corrected chi connectivity index (χ3v) is 4.96. The number of hydrogen-bond acceptors (Lipinski definition) is 4. The van der Waals surface area contributed by atoms with Gasteiger partial charge in [0.1, 0.15) is 5.75 Å². The summed E-state index contributed by atoms with van der Waals surface area (Å²) in [6, 6.07) is 7.67. The molecule has 2 N–H and O–H groups in total. The quantitative estimate of drug-likeness (QED) is 0.805. The second-order valence-corrected chi connectivity index (χ2v) is 6.98. The van der Waals surface area contributed by atoms with Gasteiger partial charge in [0.05, 0.1) is 12.6 Å². The number of aromatic hydroxyl groups is 1. The molecule has 3 rings (SSSR count). The first-order chi connectivity index (χ1) is 11.7. The van der Waals surface area contributed by atoms with E-state index in [1.54, 1.807) is 6.07 Å². The van der Waals surface area contributed by atoms with Crippen LogP contribution in [0.5, 0.6) is 5.75 Å². The third kappa shape index (κ3) is 4.95. The average Bonchev–Trinajstić information content (AvgIpc) is 3.23. The first-order valence-corrected chi connectivity index (χ1v) is 9.11. The minimum atomic E-state index is 0.0790. The summed E-state index contributed by atoms with van der Waals surface area (Å²) in [6.45, 7) is 2.45. The van der Waals surface area contributed by atoms with Gasteiger partial charge in [0, 0.05) is 31.3 Å². The second kappa shape index (κ2) is 8.49. The van der Waals surface area contributed by atoms with Crippen LogP contribution in [0, 0.1) is 0 Å². The van der Waals surface area contributed by atoms with Crippen molar-refractivity contribution in [2.75, 3.05) is 19.7 Å². The van der Waals surface area contributed by atoms with Gasteiger partial charge in [0.2, 0.25) is 5.91 Å². The number of phenolic OH excluding ortho intramolecular Hbond substituents is 1. The molecule has 132 valence electrons. The number of nitrogens with zero attached hydrogens (tertiary/aromatic N) is 1. The molecule has 0 aromatic heterocycles. The molecule has 2 fully saturated rings. The molecule has 1 saturated carbocycles. The average molecular weight is 332 g/mol. The Bertz CT molecular complexity index is 537. The summed E-state index contributed by atoms with van der Waals surface area (Å²) in [5, 5.41) is 13.2. The smallest absolute Gasteiger partial charge is 0.234 e. The summed E-state index contributed by atoms with van der Waals surface area (Å²) < 4.78 is 5.73. The molecular weight excluding hydrogens is 304 g/mol. The Morgan fingerprint density at radius 1 is 1.21 bits per heavy atom. The van der Waals surface area contributed by atoms with Crippen molar-refractivity contribution in [3.05, 3.63) is 29.8 Å². The molecule has 24 heavy (non-hydrogen) atoms. The highest BCUT2D eigenvalue weighted by Gasteiger charge is 2.23. The van der Waals surface area contributed by atoms with Gasteiger partial charge < -0.3 is 15.2 Å². The Morgan fingerprint density at radius 2 is 2.00 bits per heavy atom. The van der Waals surface area contributed by atoms with Crippen LogP contribution >= 0.6 is 0 Å². The molecule has 0 unspecified atom stereocenters. The number of benzene rings is 1. The fourth-order valence-electron chi connectivity index (χ4n) is 3.69. The van der Waals surface area contributed by atoms with Gasteiger partial charge in [-0.15, -0.1) is 0 Å². The summed E-state index contributed by atoms with van der Waals surface area (Å²) in [7, 11) is 0. The Balaban J connectivity index is 1.59. The number of amides is 1. The number of nitrogens with one attached hydrogen (secondary N) is 1. The van der Waals surface area contributed by atoms with Crippen LogP contribution in [0.1, 0.15) is 44.1 Å². The van der Waals surface area contributed by atoms with E-state index < -0.39 is 0 Å². The zero-order valence-electron chi connectivity index (χ0n) is 14.2. The van der Waals surface area contributed by atoms with Crippen molar-refractivity contribution in [2.24, 2.45) is 0 Å². The first kappa shape index (κ1) is 17.2. The molecule has 0 spiro atoms. The van der Waals surface area contributed by atoms with Gasteiger partial charge in [-0.2, -0.15) is 0 Å². The van der Waals surface area contributed by atoms with E-state index in [0.717, 1.165) is 44.4 Å². The van der Waals surface area contributed by atoms with Crippen molar-refractivity contribution in [3.63, 3.8) is 0 Å². The molecule has 1 atom stereocenters. The van der Waals surface area contributed by atoms with Gasteiger partial charge in [0.15, 0.2) is 0 Å². The normalized spacial score (nSPS) is 21.5. The van der Waals surface area contributed by atoms with Crippen molar-refractivity contribution in [1.82, 2.24) is 10.2 Å². The minimum absolute atomic E-state index is 0.0790. The van der Waals surface area contributed by atoms with Crippen LogP contribution in [-0.4, -0.2) is 47.8 Å². The zero-order valence-corrected chi connectivity index (χ0v) is 14.2. The fourth-order valence-corrected chi connectivity index (χ4v) is 3.69. The second-order valence-electron chi connectivity index (χ2n) is 6.98. The molecule has 0 bridgehead atoms. The van der Waals surface area contributed by atoms with E-state index >= 15 is 0 Å².